The van der Waals surface area contributed by atoms with Crippen LogP contribution in [0.4, 0.5) is 0 Å². The van der Waals surface area contributed by atoms with Crippen LogP contribution in [0, 0.1) is 0 Å². The van der Waals surface area contributed by atoms with E-state index in [1.165, 1.54) is 33.4 Å². The molecule has 4 aromatic carbocycles. The zero-order valence-corrected chi connectivity index (χ0v) is 17.2. The van der Waals surface area contributed by atoms with Crippen LogP contribution in [-0.4, -0.2) is 11.0 Å². The molecule has 0 spiro atoms. The van der Waals surface area contributed by atoms with Crippen molar-refractivity contribution in [2.45, 2.75) is 0 Å². The van der Waals surface area contributed by atoms with Crippen molar-refractivity contribution in [2.24, 2.45) is 0 Å². The molecule has 0 aromatic heterocycles. The fraction of sp³-hybridized carbons (Fsp3) is 0. The molecule has 0 fully saturated rings. The zero-order chi connectivity index (χ0) is 17.9. The summed E-state index contributed by atoms with van der Waals surface area (Å²) in [6.07, 6.45) is 0. The largest absolute Gasteiger partial charge is 0.0622 e. The van der Waals surface area contributed by atoms with Crippen molar-refractivity contribution in [2.75, 3.05) is 0 Å². The Morgan fingerprint density at radius 3 is 1.37 bits per heavy atom. The van der Waals surface area contributed by atoms with Gasteiger partial charge < -0.3 is 0 Å². The topological polar surface area (TPSA) is 0 Å². The summed E-state index contributed by atoms with van der Waals surface area (Å²) in [4.78, 5) is 0. The van der Waals surface area contributed by atoms with Crippen LogP contribution in [0.2, 0.25) is 0 Å². The van der Waals surface area contributed by atoms with Crippen molar-refractivity contribution in [3.05, 3.63) is 106 Å². The third-order valence-electron chi connectivity index (χ3n) is 4.44. The highest BCUT2D eigenvalue weighted by Gasteiger charge is 2.13. The maximum atomic E-state index is 3.55. The van der Waals surface area contributed by atoms with E-state index in [0.29, 0.717) is 0 Å². The van der Waals surface area contributed by atoms with Crippen molar-refractivity contribution < 1.29 is 0 Å². The highest BCUT2D eigenvalue weighted by molar-refractivity contribution is 9.10. The van der Waals surface area contributed by atoms with E-state index in [4.69, 9.17) is 0 Å². The molecule has 4 aromatic rings. The van der Waals surface area contributed by atoms with Gasteiger partial charge in [0.05, 0.1) is 0 Å². The Hall–Kier alpha value is -1.94. The Morgan fingerprint density at radius 2 is 0.852 bits per heavy atom. The summed E-state index contributed by atoms with van der Waals surface area (Å²) in [6, 6.07) is 34.2. The smallest absolute Gasteiger partial charge is 0.0175 e. The maximum Gasteiger partial charge on any atom is 0.0175 e. The number of hydrogen-bond donors (Lipinski definition) is 0. The molecule has 27 heavy (non-hydrogen) atoms. The van der Waals surface area contributed by atoms with Crippen molar-refractivity contribution in [3.63, 3.8) is 0 Å². The van der Waals surface area contributed by atoms with E-state index in [9.17, 15) is 0 Å². The minimum Gasteiger partial charge on any atom is -0.0622 e. The molecule has 0 saturated carbocycles. The van der Waals surface area contributed by atoms with Gasteiger partial charge in [0.1, 0.15) is 0 Å². The van der Waals surface area contributed by atoms with Gasteiger partial charge in [-0.1, -0.05) is 105 Å². The molecular formula is C24H20Br2Si. The van der Waals surface area contributed by atoms with Crippen LogP contribution in [-0.2, 0) is 0 Å². The lowest BCUT2D eigenvalue weighted by Gasteiger charge is -2.16. The molecule has 0 bridgehead atoms. The summed E-state index contributed by atoms with van der Waals surface area (Å²) < 4.78 is 2.18. The summed E-state index contributed by atoms with van der Waals surface area (Å²) >= 11 is 7.08. The fourth-order valence-electron chi connectivity index (χ4n) is 3.21. The Balaban J connectivity index is 0.00000210. The van der Waals surface area contributed by atoms with Gasteiger partial charge in [-0.25, -0.2) is 0 Å². The molecule has 0 aliphatic heterocycles. The van der Waals surface area contributed by atoms with Gasteiger partial charge in [0, 0.05) is 8.95 Å². The van der Waals surface area contributed by atoms with Crippen LogP contribution in [0.3, 0.4) is 0 Å². The highest BCUT2D eigenvalue weighted by atomic mass is 79.9. The van der Waals surface area contributed by atoms with Gasteiger partial charge in [-0.15, -0.1) is 0 Å². The van der Waals surface area contributed by atoms with Crippen LogP contribution in [0.1, 0.15) is 0 Å². The molecule has 0 aliphatic carbocycles. The second kappa shape index (κ2) is 8.83. The molecular weight excluding hydrogens is 476 g/mol. The Bertz CT molecular complexity index is 1020. The van der Waals surface area contributed by atoms with E-state index in [0.717, 1.165) is 8.95 Å². The van der Waals surface area contributed by atoms with E-state index in [-0.39, 0.29) is 11.0 Å². The number of hydrogen-bond acceptors (Lipinski definition) is 0. The third-order valence-corrected chi connectivity index (χ3v) is 5.49. The van der Waals surface area contributed by atoms with Gasteiger partial charge >= 0.3 is 0 Å². The molecule has 4 rings (SSSR count). The lowest BCUT2D eigenvalue weighted by molar-refractivity contribution is 1.54. The van der Waals surface area contributed by atoms with Crippen LogP contribution in [0.5, 0.6) is 0 Å². The van der Waals surface area contributed by atoms with Gasteiger partial charge in [-0.3, -0.25) is 0 Å². The summed E-state index contributed by atoms with van der Waals surface area (Å²) in [7, 11) is 0. The minimum atomic E-state index is 0. The van der Waals surface area contributed by atoms with E-state index in [1.54, 1.807) is 0 Å². The van der Waals surface area contributed by atoms with Gasteiger partial charge in [-0.2, -0.15) is 0 Å². The quantitative estimate of drug-likeness (QED) is 0.275. The molecule has 134 valence electrons. The van der Waals surface area contributed by atoms with Gasteiger partial charge in [-0.05, 0) is 68.6 Å². The zero-order valence-electron chi connectivity index (χ0n) is 14.0. The molecule has 0 atom stereocenters. The van der Waals surface area contributed by atoms with Crippen LogP contribution in [0.15, 0.2) is 106 Å². The highest BCUT2D eigenvalue weighted by Crippen LogP contribution is 2.40. The number of halogens is 2. The predicted molar refractivity (Wildman–Crippen MR) is 129 cm³/mol. The molecule has 3 heteroatoms. The van der Waals surface area contributed by atoms with Gasteiger partial charge in [0.15, 0.2) is 0 Å². The first-order chi connectivity index (χ1) is 12.7. The molecule has 0 amide bonds. The van der Waals surface area contributed by atoms with E-state index in [2.05, 4.69) is 129 Å². The van der Waals surface area contributed by atoms with E-state index in [1.807, 2.05) is 0 Å². The van der Waals surface area contributed by atoms with Crippen molar-refractivity contribution in [1.82, 2.24) is 0 Å². The monoisotopic (exact) mass is 494 g/mol. The number of rotatable bonds is 3. The van der Waals surface area contributed by atoms with Crippen molar-refractivity contribution >= 4 is 42.8 Å². The summed E-state index contributed by atoms with van der Waals surface area (Å²) in [6.45, 7) is 0. The maximum absolute atomic E-state index is 3.55. The lowest BCUT2D eigenvalue weighted by atomic mass is 9.88. The summed E-state index contributed by atoms with van der Waals surface area (Å²) in [5, 5.41) is 0. The molecule has 0 heterocycles. The van der Waals surface area contributed by atoms with E-state index < -0.39 is 0 Å². The first-order valence-electron chi connectivity index (χ1n) is 8.43. The molecule has 0 nitrogen and oxygen atoms in total. The second-order valence-corrected chi connectivity index (χ2v) is 7.94. The fourth-order valence-corrected chi connectivity index (χ4v) is 3.74. The predicted octanol–water partition coefficient (Wildman–Crippen LogP) is 6.76. The molecule has 0 aliphatic rings. The molecule has 0 N–H and O–H groups in total. The Morgan fingerprint density at radius 1 is 0.407 bits per heavy atom. The van der Waals surface area contributed by atoms with Crippen molar-refractivity contribution in [1.29, 1.82) is 0 Å². The lowest BCUT2D eigenvalue weighted by Crippen LogP contribution is -1.90. The normalized spacial score (nSPS) is 10.3. The van der Waals surface area contributed by atoms with Gasteiger partial charge in [0.2, 0.25) is 0 Å². The first-order valence-corrected chi connectivity index (χ1v) is 10.0. The summed E-state index contributed by atoms with van der Waals surface area (Å²) in [5.41, 5.74) is 7.39. The molecule has 0 unspecified atom stereocenters. The van der Waals surface area contributed by atoms with Crippen LogP contribution in [0.25, 0.3) is 33.4 Å². The second-order valence-electron chi connectivity index (χ2n) is 6.11. The average molecular weight is 496 g/mol. The Kier molecular flexibility index (Phi) is 6.48. The van der Waals surface area contributed by atoms with Crippen LogP contribution >= 0.6 is 31.9 Å². The minimum absolute atomic E-state index is 0. The Labute approximate surface area is 181 Å². The van der Waals surface area contributed by atoms with Crippen LogP contribution < -0.4 is 0 Å². The standard InChI is InChI=1S/C24H16Br2.H4Si/c25-20-13-9-18(10-14-20)23-8-4-7-22(17-5-2-1-3-6-17)24(23)19-11-15-21(26)16-12-19;/h1-16H;1H4. The van der Waals surface area contributed by atoms with E-state index >= 15 is 0 Å². The average Bonchev–Trinajstić information content (AvgIpc) is 2.69. The number of benzene rings is 4. The SMILES string of the molecule is Brc1ccc(-c2cccc(-c3ccccc3)c2-c2ccc(Br)cc2)cc1.[SiH4]. The third kappa shape index (κ3) is 4.32. The summed E-state index contributed by atoms with van der Waals surface area (Å²) in [5.74, 6) is 0. The molecule has 0 radical (unpaired) electrons. The first kappa shape index (κ1) is 19.8. The molecule has 0 saturated heterocycles. The van der Waals surface area contributed by atoms with Crippen molar-refractivity contribution in [3.8, 4) is 33.4 Å². The van der Waals surface area contributed by atoms with Gasteiger partial charge in [0.25, 0.3) is 0 Å².